The van der Waals surface area contributed by atoms with Gasteiger partial charge in [0.15, 0.2) is 0 Å². The molecule has 1 heterocycles. The number of benzene rings is 2. The standard InChI is InChI=1S/C20H23FN2O4S/c1-27-18-6-8-19(9-7-18)28(25,26)22-17-10-12-23(13-11-17)20(24)14-15-2-4-16(21)5-3-15/h2-9,17,22H,10-14H2,1H3. The van der Waals surface area contributed by atoms with Gasteiger partial charge in [0.05, 0.1) is 18.4 Å². The Balaban J connectivity index is 1.52. The van der Waals surface area contributed by atoms with Gasteiger partial charge in [0, 0.05) is 19.1 Å². The van der Waals surface area contributed by atoms with E-state index in [1.165, 1.54) is 31.4 Å². The van der Waals surface area contributed by atoms with Gasteiger partial charge in [0.1, 0.15) is 11.6 Å². The maximum absolute atomic E-state index is 13.0. The highest BCUT2D eigenvalue weighted by molar-refractivity contribution is 7.89. The van der Waals surface area contributed by atoms with Crippen molar-refractivity contribution in [3.8, 4) is 5.75 Å². The minimum Gasteiger partial charge on any atom is -0.497 e. The van der Waals surface area contributed by atoms with Crippen molar-refractivity contribution in [2.45, 2.75) is 30.2 Å². The highest BCUT2D eigenvalue weighted by Crippen LogP contribution is 2.18. The smallest absolute Gasteiger partial charge is 0.240 e. The number of carbonyl (C=O) groups excluding carboxylic acids is 1. The van der Waals surface area contributed by atoms with Gasteiger partial charge in [-0.25, -0.2) is 17.5 Å². The first-order valence-corrected chi connectivity index (χ1v) is 10.5. The molecule has 0 atom stereocenters. The number of nitrogens with zero attached hydrogens (tertiary/aromatic N) is 1. The molecule has 1 fully saturated rings. The van der Waals surface area contributed by atoms with Crippen molar-refractivity contribution in [1.82, 2.24) is 9.62 Å². The summed E-state index contributed by atoms with van der Waals surface area (Å²) in [5.41, 5.74) is 0.758. The second-order valence-corrected chi connectivity index (χ2v) is 8.47. The third kappa shape index (κ3) is 5.08. The molecule has 0 spiro atoms. The average molecular weight is 406 g/mol. The summed E-state index contributed by atoms with van der Waals surface area (Å²) in [4.78, 5) is 14.3. The molecule has 0 saturated carbocycles. The van der Waals surface area contributed by atoms with Gasteiger partial charge in [-0.1, -0.05) is 12.1 Å². The van der Waals surface area contributed by atoms with Crippen LogP contribution in [0, 0.1) is 5.82 Å². The topological polar surface area (TPSA) is 75.7 Å². The third-order valence-electron chi connectivity index (χ3n) is 4.81. The zero-order valence-electron chi connectivity index (χ0n) is 15.6. The van der Waals surface area contributed by atoms with Crippen molar-refractivity contribution < 1.29 is 22.3 Å². The molecule has 1 saturated heterocycles. The Morgan fingerprint density at radius 3 is 2.29 bits per heavy atom. The predicted octanol–water partition coefficient (Wildman–Crippen LogP) is 2.35. The predicted molar refractivity (Wildman–Crippen MR) is 103 cm³/mol. The molecule has 28 heavy (non-hydrogen) atoms. The molecule has 2 aromatic rings. The lowest BCUT2D eigenvalue weighted by molar-refractivity contribution is -0.131. The number of carbonyl (C=O) groups is 1. The fourth-order valence-corrected chi connectivity index (χ4v) is 4.48. The van der Waals surface area contributed by atoms with Crippen LogP contribution in [0.3, 0.4) is 0 Å². The van der Waals surface area contributed by atoms with Crippen LogP contribution in [0.1, 0.15) is 18.4 Å². The molecule has 0 aromatic heterocycles. The van der Waals surface area contributed by atoms with Crippen molar-refractivity contribution in [3.05, 3.63) is 59.9 Å². The quantitative estimate of drug-likeness (QED) is 0.799. The Morgan fingerprint density at radius 1 is 1.11 bits per heavy atom. The number of piperidine rings is 1. The fourth-order valence-electron chi connectivity index (χ4n) is 3.18. The van der Waals surface area contributed by atoms with Crippen LogP contribution >= 0.6 is 0 Å². The van der Waals surface area contributed by atoms with Crippen LogP contribution < -0.4 is 9.46 Å². The first-order valence-electron chi connectivity index (χ1n) is 9.06. The Kier molecular flexibility index (Phi) is 6.31. The van der Waals surface area contributed by atoms with E-state index in [1.807, 2.05) is 0 Å². The molecule has 1 amide bonds. The highest BCUT2D eigenvalue weighted by atomic mass is 32.2. The van der Waals surface area contributed by atoms with Crippen LogP contribution in [0.25, 0.3) is 0 Å². The number of hydrogen-bond donors (Lipinski definition) is 1. The molecule has 2 aromatic carbocycles. The number of likely N-dealkylation sites (tertiary alicyclic amines) is 1. The summed E-state index contributed by atoms with van der Waals surface area (Å²) in [6.07, 6.45) is 1.30. The van der Waals surface area contributed by atoms with Crippen LogP contribution in [0.4, 0.5) is 4.39 Å². The minimum absolute atomic E-state index is 0.0388. The maximum Gasteiger partial charge on any atom is 0.240 e. The number of nitrogens with one attached hydrogen (secondary N) is 1. The van der Waals surface area contributed by atoms with Gasteiger partial charge in [-0.15, -0.1) is 0 Å². The van der Waals surface area contributed by atoms with E-state index < -0.39 is 10.0 Å². The average Bonchev–Trinajstić information content (AvgIpc) is 2.70. The Morgan fingerprint density at radius 2 is 1.71 bits per heavy atom. The van der Waals surface area contributed by atoms with Crippen LogP contribution in [0.15, 0.2) is 53.4 Å². The van der Waals surface area contributed by atoms with E-state index in [4.69, 9.17) is 4.74 Å². The number of amides is 1. The van der Waals surface area contributed by atoms with Gasteiger partial charge < -0.3 is 9.64 Å². The lowest BCUT2D eigenvalue weighted by atomic mass is 10.0. The minimum atomic E-state index is -3.62. The molecule has 0 radical (unpaired) electrons. The van der Waals surface area contributed by atoms with Crippen LogP contribution in [-0.2, 0) is 21.2 Å². The van der Waals surface area contributed by atoms with Gasteiger partial charge in [0.2, 0.25) is 15.9 Å². The summed E-state index contributed by atoms with van der Waals surface area (Å²) in [6, 6.07) is 11.9. The molecule has 150 valence electrons. The van der Waals surface area contributed by atoms with Gasteiger partial charge >= 0.3 is 0 Å². The van der Waals surface area contributed by atoms with E-state index in [0.717, 1.165) is 5.56 Å². The zero-order chi connectivity index (χ0) is 20.1. The van der Waals surface area contributed by atoms with E-state index in [9.17, 15) is 17.6 Å². The summed E-state index contributed by atoms with van der Waals surface area (Å²) in [5, 5.41) is 0. The Labute approximate surface area is 164 Å². The van der Waals surface area contributed by atoms with Crippen LogP contribution in [0.5, 0.6) is 5.75 Å². The summed E-state index contributed by atoms with van der Waals surface area (Å²) in [5.74, 6) is 0.219. The number of methoxy groups -OCH3 is 1. The molecule has 1 aliphatic heterocycles. The molecule has 0 unspecified atom stereocenters. The molecule has 1 N–H and O–H groups in total. The van der Waals surface area contributed by atoms with Gasteiger partial charge in [-0.3, -0.25) is 4.79 Å². The number of rotatable bonds is 6. The molecule has 1 aliphatic rings. The largest absolute Gasteiger partial charge is 0.497 e. The molecule has 0 bridgehead atoms. The molecular formula is C20H23FN2O4S. The van der Waals surface area contributed by atoms with E-state index >= 15 is 0 Å². The number of halogens is 1. The van der Waals surface area contributed by atoms with E-state index in [-0.39, 0.29) is 29.1 Å². The summed E-state index contributed by atoms with van der Waals surface area (Å²) in [7, 11) is -2.10. The van der Waals surface area contributed by atoms with Gasteiger partial charge in [-0.05, 0) is 54.8 Å². The van der Waals surface area contributed by atoms with Crippen LogP contribution in [-0.4, -0.2) is 45.5 Å². The number of ether oxygens (including phenoxy) is 1. The lowest BCUT2D eigenvalue weighted by Gasteiger charge is -2.32. The first-order chi connectivity index (χ1) is 13.4. The second kappa shape index (κ2) is 8.70. The number of sulfonamides is 1. The third-order valence-corrected chi connectivity index (χ3v) is 6.34. The SMILES string of the molecule is COc1ccc(S(=O)(=O)NC2CCN(C(=O)Cc3ccc(F)cc3)CC2)cc1. The van der Waals surface area contributed by atoms with Crippen LogP contribution in [0.2, 0.25) is 0 Å². The first kappa shape index (κ1) is 20.3. The molecule has 0 aliphatic carbocycles. The van der Waals surface area contributed by atoms with Crippen molar-refractivity contribution >= 4 is 15.9 Å². The maximum atomic E-state index is 13.0. The monoisotopic (exact) mass is 406 g/mol. The Bertz CT molecular complexity index is 906. The Hall–Kier alpha value is -2.45. The normalized spacial score (nSPS) is 15.4. The number of hydrogen-bond acceptors (Lipinski definition) is 4. The van der Waals surface area contributed by atoms with Crippen molar-refractivity contribution in [2.24, 2.45) is 0 Å². The van der Waals surface area contributed by atoms with Crippen molar-refractivity contribution in [2.75, 3.05) is 20.2 Å². The van der Waals surface area contributed by atoms with Crippen molar-refractivity contribution in [3.63, 3.8) is 0 Å². The summed E-state index contributed by atoms with van der Waals surface area (Å²) < 4.78 is 45.8. The summed E-state index contributed by atoms with van der Waals surface area (Å²) in [6.45, 7) is 0.964. The molecule has 3 rings (SSSR count). The molecular weight excluding hydrogens is 383 g/mol. The fraction of sp³-hybridized carbons (Fsp3) is 0.350. The van der Waals surface area contributed by atoms with E-state index in [2.05, 4.69) is 4.72 Å². The van der Waals surface area contributed by atoms with Crippen molar-refractivity contribution in [1.29, 1.82) is 0 Å². The molecule has 8 heteroatoms. The van der Waals surface area contributed by atoms with E-state index in [1.54, 1.807) is 29.2 Å². The lowest BCUT2D eigenvalue weighted by Crippen LogP contribution is -2.46. The zero-order valence-corrected chi connectivity index (χ0v) is 16.4. The highest BCUT2D eigenvalue weighted by Gasteiger charge is 2.26. The van der Waals surface area contributed by atoms with E-state index in [0.29, 0.717) is 31.7 Å². The molecule has 6 nitrogen and oxygen atoms in total. The summed E-state index contributed by atoms with van der Waals surface area (Å²) >= 11 is 0. The second-order valence-electron chi connectivity index (χ2n) is 6.76. The van der Waals surface area contributed by atoms with Gasteiger partial charge in [0.25, 0.3) is 0 Å². The van der Waals surface area contributed by atoms with Gasteiger partial charge in [-0.2, -0.15) is 0 Å².